The summed E-state index contributed by atoms with van der Waals surface area (Å²) in [5.41, 5.74) is 17.7. The Bertz CT molecular complexity index is 1220. The summed E-state index contributed by atoms with van der Waals surface area (Å²) in [6.45, 7) is 0. The van der Waals surface area contributed by atoms with Crippen molar-refractivity contribution in [3.8, 4) is 11.1 Å². The highest BCUT2D eigenvalue weighted by molar-refractivity contribution is 9.09. The lowest BCUT2D eigenvalue weighted by Crippen LogP contribution is -2.42. The molecule has 0 saturated heterocycles. The number of aryl methyl sites for hydroxylation is 1. The molecule has 2 aliphatic carbocycles. The molecule has 0 spiro atoms. The van der Waals surface area contributed by atoms with Crippen LogP contribution in [0.4, 0.5) is 5.69 Å². The van der Waals surface area contributed by atoms with Gasteiger partial charge in [0.1, 0.15) is 0 Å². The fourth-order valence-electron chi connectivity index (χ4n) is 5.37. The highest BCUT2D eigenvalue weighted by atomic mass is 79.9. The van der Waals surface area contributed by atoms with Gasteiger partial charge in [0, 0.05) is 11.0 Å². The van der Waals surface area contributed by atoms with Crippen molar-refractivity contribution in [1.29, 1.82) is 0 Å². The maximum Gasteiger partial charge on any atom is 0.0684 e. The van der Waals surface area contributed by atoms with E-state index in [2.05, 4.69) is 102 Å². The second kappa shape index (κ2) is 8.38. The summed E-state index contributed by atoms with van der Waals surface area (Å²) in [7, 11) is 4.43. The number of nitrogen functional groups attached to an aromatic ring is 1. The molecule has 0 fully saturated rings. The lowest BCUT2D eigenvalue weighted by molar-refractivity contribution is 0.208. The number of nitrogens with two attached hydrogens (primary N) is 1. The van der Waals surface area contributed by atoms with Crippen molar-refractivity contribution in [2.75, 3.05) is 25.2 Å². The molecule has 3 heteroatoms. The van der Waals surface area contributed by atoms with E-state index in [1.807, 2.05) is 12.1 Å². The smallest absolute Gasteiger partial charge is 0.0684 e. The highest BCUT2D eigenvalue weighted by Crippen LogP contribution is 2.47. The lowest BCUT2D eigenvalue weighted by Gasteiger charge is -2.42. The van der Waals surface area contributed by atoms with Gasteiger partial charge in [0.05, 0.1) is 5.54 Å². The number of rotatable bonds is 5. The van der Waals surface area contributed by atoms with Crippen LogP contribution in [0.1, 0.15) is 34.2 Å². The van der Waals surface area contributed by atoms with Gasteiger partial charge in [0.25, 0.3) is 0 Å². The van der Waals surface area contributed by atoms with Crippen LogP contribution in [-0.2, 0) is 18.4 Å². The number of hydrogen-bond donors (Lipinski definition) is 1. The standard InChI is InChI=1S/C29H29BrN2/c1-32(2)29(16-13-21(14-17-29)20-7-10-24(31)11-8-20)28-22(15-18-30)9-12-26-25-6-4-3-5-23(25)19-27(26)28/h3-14,16H,15,17-19,31H2,1-2H3. The van der Waals surface area contributed by atoms with Crippen LogP contribution in [0.2, 0.25) is 0 Å². The Kier molecular flexibility index (Phi) is 5.56. The van der Waals surface area contributed by atoms with E-state index >= 15 is 0 Å². The maximum absolute atomic E-state index is 5.90. The third-order valence-corrected chi connectivity index (χ3v) is 7.48. The molecule has 0 saturated carbocycles. The van der Waals surface area contributed by atoms with Crippen LogP contribution in [0.3, 0.4) is 0 Å². The number of halogens is 1. The van der Waals surface area contributed by atoms with Gasteiger partial charge >= 0.3 is 0 Å². The fraction of sp³-hybridized carbons (Fsp3) is 0.241. The highest BCUT2D eigenvalue weighted by Gasteiger charge is 2.39. The van der Waals surface area contributed by atoms with Crippen molar-refractivity contribution in [2.24, 2.45) is 0 Å². The predicted molar refractivity (Wildman–Crippen MR) is 140 cm³/mol. The zero-order chi connectivity index (χ0) is 22.3. The zero-order valence-corrected chi connectivity index (χ0v) is 20.3. The van der Waals surface area contributed by atoms with Crippen molar-refractivity contribution in [3.05, 3.63) is 107 Å². The number of benzene rings is 3. The van der Waals surface area contributed by atoms with Gasteiger partial charge in [-0.15, -0.1) is 0 Å². The number of allylic oxidation sites excluding steroid dienone is 2. The van der Waals surface area contributed by atoms with Gasteiger partial charge in [-0.25, -0.2) is 0 Å². The summed E-state index contributed by atoms with van der Waals surface area (Å²) >= 11 is 3.70. The van der Waals surface area contributed by atoms with E-state index in [4.69, 9.17) is 5.73 Å². The van der Waals surface area contributed by atoms with Gasteiger partial charge in [-0.1, -0.05) is 82.7 Å². The molecule has 0 bridgehead atoms. The molecule has 5 rings (SSSR count). The number of alkyl halides is 1. The Morgan fingerprint density at radius 1 is 0.969 bits per heavy atom. The lowest BCUT2D eigenvalue weighted by atomic mass is 9.74. The Morgan fingerprint density at radius 2 is 1.75 bits per heavy atom. The van der Waals surface area contributed by atoms with E-state index in [9.17, 15) is 0 Å². The third-order valence-electron chi connectivity index (χ3n) is 7.08. The van der Waals surface area contributed by atoms with Crippen LogP contribution >= 0.6 is 15.9 Å². The molecule has 3 aromatic rings. The molecule has 0 amide bonds. The van der Waals surface area contributed by atoms with Crippen LogP contribution in [0.15, 0.2) is 78.9 Å². The van der Waals surface area contributed by atoms with Crippen molar-refractivity contribution in [3.63, 3.8) is 0 Å². The molecule has 1 unspecified atom stereocenters. The van der Waals surface area contributed by atoms with Crippen LogP contribution in [0.25, 0.3) is 16.7 Å². The second-order valence-electron chi connectivity index (χ2n) is 9.04. The first kappa shape index (κ1) is 21.2. The zero-order valence-electron chi connectivity index (χ0n) is 18.7. The number of anilines is 1. The van der Waals surface area contributed by atoms with Gasteiger partial charge in [-0.2, -0.15) is 0 Å². The summed E-state index contributed by atoms with van der Waals surface area (Å²) in [6.07, 6.45) is 10.1. The monoisotopic (exact) mass is 484 g/mol. The summed E-state index contributed by atoms with van der Waals surface area (Å²) in [5, 5.41) is 0.964. The summed E-state index contributed by atoms with van der Waals surface area (Å²) in [5.74, 6) is 0. The molecule has 162 valence electrons. The molecule has 0 aromatic heterocycles. The normalized spacial score (nSPS) is 19.1. The molecule has 0 heterocycles. The molecule has 2 N–H and O–H groups in total. The Morgan fingerprint density at radius 3 is 2.44 bits per heavy atom. The first-order valence-corrected chi connectivity index (χ1v) is 12.4. The van der Waals surface area contributed by atoms with Crippen LogP contribution < -0.4 is 5.73 Å². The molecule has 0 radical (unpaired) electrons. The maximum atomic E-state index is 5.90. The molecule has 2 nitrogen and oxygen atoms in total. The van der Waals surface area contributed by atoms with Crippen molar-refractivity contribution >= 4 is 27.2 Å². The van der Waals surface area contributed by atoms with Crippen molar-refractivity contribution in [2.45, 2.75) is 24.8 Å². The van der Waals surface area contributed by atoms with Gasteiger partial charge in [-0.05, 0) is 90.0 Å². The first-order valence-electron chi connectivity index (χ1n) is 11.3. The van der Waals surface area contributed by atoms with E-state index in [-0.39, 0.29) is 5.54 Å². The number of likely N-dealkylation sites (N-methyl/N-ethyl adjacent to an activating group) is 1. The molecule has 0 aliphatic heterocycles. The van der Waals surface area contributed by atoms with Gasteiger partial charge in [0.15, 0.2) is 0 Å². The third kappa shape index (κ3) is 3.44. The van der Waals surface area contributed by atoms with Crippen LogP contribution in [-0.4, -0.2) is 24.3 Å². The van der Waals surface area contributed by atoms with E-state index in [0.717, 1.165) is 30.3 Å². The van der Waals surface area contributed by atoms with Crippen LogP contribution in [0, 0.1) is 0 Å². The van der Waals surface area contributed by atoms with Gasteiger partial charge in [0.2, 0.25) is 0 Å². The number of fused-ring (bicyclic) bond motifs is 3. The molecule has 1 atom stereocenters. The van der Waals surface area contributed by atoms with E-state index in [1.54, 1.807) is 0 Å². The second-order valence-corrected chi connectivity index (χ2v) is 9.83. The Labute approximate surface area is 199 Å². The number of hydrogen-bond acceptors (Lipinski definition) is 2. The van der Waals surface area contributed by atoms with E-state index in [1.165, 1.54) is 44.5 Å². The van der Waals surface area contributed by atoms with E-state index in [0.29, 0.717) is 0 Å². The molecule has 2 aliphatic rings. The SMILES string of the molecule is CN(C)C1(c2c(CCBr)ccc3c2Cc2ccccc2-3)C=CC(c2ccc(N)cc2)=CC1. The summed E-state index contributed by atoms with van der Waals surface area (Å²) in [4.78, 5) is 2.40. The summed E-state index contributed by atoms with van der Waals surface area (Å²) < 4.78 is 0. The number of nitrogens with zero attached hydrogens (tertiary/aromatic N) is 1. The predicted octanol–water partition coefficient (Wildman–Crippen LogP) is 6.58. The minimum Gasteiger partial charge on any atom is -0.399 e. The Hall–Kier alpha value is -2.62. The van der Waals surface area contributed by atoms with Gasteiger partial charge < -0.3 is 5.73 Å². The van der Waals surface area contributed by atoms with Gasteiger partial charge in [-0.3, -0.25) is 4.90 Å². The average molecular weight is 485 g/mol. The van der Waals surface area contributed by atoms with Crippen molar-refractivity contribution < 1.29 is 0 Å². The first-order chi connectivity index (χ1) is 15.5. The topological polar surface area (TPSA) is 29.3 Å². The molecular weight excluding hydrogens is 456 g/mol. The summed E-state index contributed by atoms with van der Waals surface area (Å²) in [6, 6.07) is 21.7. The van der Waals surface area contributed by atoms with Crippen molar-refractivity contribution in [1.82, 2.24) is 4.90 Å². The molecule has 32 heavy (non-hydrogen) atoms. The van der Waals surface area contributed by atoms with Crippen LogP contribution in [0.5, 0.6) is 0 Å². The minimum atomic E-state index is -0.164. The molecule has 3 aromatic carbocycles. The minimum absolute atomic E-state index is 0.164. The molecular formula is C29H29BrN2. The fourth-order valence-corrected chi connectivity index (χ4v) is 5.80. The largest absolute Gasteiger partial charge is 0.399 e. The average Bonchev–Trinajstić information content (AvgIpc) is 3.18. The quantitative estimate of drug-likeness (QED) is 0.256. The van der Waals surface area contributed by atoms with E-state index < -0.39 is 0 Å². The Balaban J connectivity index is 1.64.